The molecule has 0 aliphatic rings. The quantitative estimate of drug-likeness (QED) is 0.460. The van der Waals surface area contributed by atoms with Crippen LogP contribution in [-0.2, 0) is 6.42 Å². The van der Waals surface area contributed by atoms with E-state index in [-0.39, 0.29) is 17.8 Å². The molecule has 4 rings (SSSR count). The molecule has 0 aliphatic heterocycles. The molecule has 2 aromatic heterocycles. The van der Waals surface area contributed by atoms with Crippen molar-refractivity contribution in [3.05, 3.63) is 76.0 Å². The van der Waals surface area contributed by atoms with E-state index >= 15 is 0 Å². The Labute approximate surface area is 162 Å². The molecule has 0 spiro atoms. The Balaban J connectivity index is 1.68. The smallest absolute Gasteiger partial charge is 0.337 e. The van der Waals surface area contributed by atoms with Crippen molar-refractivity contribution >= 4 is 45.8 Å². The molecule has 4 aromatic rings. The molecule has 134 valence electrons. The monoisotopic (exact) mass is 397 g/mol. The van der Waals surface area contributed by atoms with Gasteiger partial charge in [-0.15, -0.1) is 11.3 Å². The zero-order valence-electron chi connectivity index (χ0n) is 13.8. The van der Waals surface area contributed by atoms with E-state index in [2.05, 4.69) is 4.98 Å². The van der Waals surface area contributed by atoms with Crippen LogP contribution in [0.1, 0.15) is 26.3 Å². The first-order valence-electron chi connectivity index (χ1n) is 7.99. The number of carboxylic acid groups (broad SMARTS) is 1. The Kier molecular flexibility index (Phi) is 4.51. The summed E-state index contributed by atoms with van der Waals surface area (Å²) in [6, 6.07) is 11.9. The second-order valence-corrected chi connectivity index (χ2v) is 7.23. The van der Waals surface area contributed by atoms with Gasteiger partial charge >= 0.3 is 5.97 Å². The van der Waals surface area contributed by atoms with Crippen molar-refractivity contribution in [2.45, 2.75) is 6.42 Å². The molecule has 0 bridgehead atoms. The number of rotatable bonds is 5. The normalized spacial score (nSPS) is 11.0. The van der Waals surface area contributed by atoms with E-state index in [0.29, 0.717) is 32.1 Å². The number of hydrogen-bond donors (Lipinski definition) is 1. The summed E-state index contributed by atoms with van der Waals surface area (Å²) < 4.78 is 5.23. The van der Waals surface area contributed by atoms with Crippen molar-refractivity contribution in [1.82, 2.24) is 4.98 Å². The van der Waals surface area contributed by atoms with Crippen molar-refractivity contribution < 1.29 is 19.1 Å². The number of fused-ring (bicyclic) bond motifs is 1. The van der Waals surface area contributed by atoms with E-state index in [1.54, 1.807) is 47.8 Å². The number of benzene rings is 2. The molecule has 1 N–H and O–H groups in total. The van der Waals surface area contributed by atoms with Gasteiger partial charge in [0.15, 0.2) is 17.8 Å². The van der Waals surface area contributed by atoms with Gasteiger partial charge in [0.05, 0.1) is 5.56 Å². The molecule has 0 amide bonds. The Hall–Kier alpha value is -2.96. The van der Waals surface area contributed by atoms with E-state index in [9.17, 15) is 14.7 Å². The number of aromatic carboxylic acids is 1. The lowest BCUT2D eigenvalue weighted by molar-refractivity contribution is 0.0697. The van der Waals surface area contributed by atoms with Gasteiger partial charge in [-0.3, -0.25) is 4.79 Å². The number of oxazole rings is 1. The van der Waals surface area contributed by atoms with Crippen LogP contribution in [0.25, 0.3) is 21.5 Å². The zero-order valence-corrected chi connectivity index (χ0v) is 15.4. The molecule has 2 heterocycles. The van der Waals surface area contributed by atoms with Gasteiger partial charge in [-0.1, -0.05) is 23.7 Å². The summed E-state index contributed by atoms with van der Waals surface area (Å²) >= 11 is 7.21. The second kappa shape index (κ2) is 6.98. The van der Waals surface area contributed by atoms with E-state index in [1.165, 1.54) is 17.7 Å². The third kappa shape index (κ3) is 3.37. The van der Waals surface area contributed by atoms with Crippen LogP contribution < -0.4 is 0 Å². The summed E-state index contributed by atoms with van der Waals surface area (Å²) in [6.45, 7) is 0. The number of hydrogen-bond acceptors (Lipinski definition) is 5. The number of carbonyl (C=O) groups excluding carboxylic acids is 1. The van der Waals surface area contributed by atoms with Crippen molar-refractivity contribution in [3.8, 4) is 10.4 Å². The minimum absolute atomic E-state index is 0.00856. The second-order valence-electron chi connectivity index (χ2n) is 5.91. The molecule has 0 saturated heterocycles. The lowest BCUT2D eigenvalue weighted by Gasteiger charge is -2.04. The minimum atomic E-state index is -1.06. The highest BCUT2D eigenvalue weighted by Crippen LogP contribution is 2.34. The number of carboxylic acids is 1. The molecule has 0 saturated carbocycles. The van der Waals surface area contributed by atoms with Crippen LogP contribution in [0.4, 0.5) is 0 Å². The third-order valence-electron chi connectivity index (χ3n) is 4.19. The molecule has 0 radical (unpaired) electrons. The number of thiophene rings is 1. The average molecular weight is 398 g/mol. The van der Waals surface area contributed by atoms with Crippen LogP contribution in [0.3, 0.4) is 0 Å². The molecular weight excluding hydrogens is 386 g/mol. The number of halogens is 1. The minimum Gasteiger partial charge on any atom is -0.478 e. The zero-order chi connectivity index (χ0) is 19.0. The van der Waals surface area contributed by atoms with Crippen LogP contribution in [0.5, 0.6) is 0 Å². The molecular formula is C20H12ClNO4S. The van der Waals surface area contributed by atoms with Crippen molar-refractivity contribution in [2.75, 3.05) is 0 Å². The Bertz CT molecular complexity index is 1160. The van der Waals surface area contributed by atoms with E-state index in [1.807, 2.05) is 0 Å². The summed E-state index contributed by atoms with van der Waals surface area (Å²) in [5.74, 6) is -1.24. The maximum Gasteiger partial charge on any atom is 0.337 e. The summed E-state index contributed by atoms with van der Waals surface area (Å²) in [5.41, 5.74) is 3.03. The number of carbonyl (C=O) groups is 2. The highest BCUT2D eigenvalue weighted by molar-refractivity contribution is 7.14. The highest BCUT2D eigenvalue weighted by atomic mass is 35.5. The van der Waals surface area contributed by atoms with Gasteiger partial charge in [-0.25, -0.2) is 9.78 Å². The van der Waals surface area contributed by atoms with Crippen LogP contribution in [-0.4, -0.2) is 21.8 Å². The van der Waals surface area contributed by atoms with E-state index < -0.39 is 5.97 Å². The number of Topliss-reactive ketones (excluding diaryl/α,β-unsaturated/α-hetero) is 1. The maximum absolute atomic E-state index is 12.7. The average Bonchev–Trinajstić information content (AvgIpc) is 3.28. The first kappa shape index (κ1) is 17.5. The molecule has 0 unspecified atom stereocenters. The van der Waals surface area contributed by atoms with E-state index in [4.69, 9.17) is 16.0 Å². The van der Waals surface area contributed by atoms with Crippen molar-refractivity contribution in [1.29, 1.82) is 0 Å². The predicted octanol–water partition coefficient (Wildman–Crippen LogP) is 5.33. The first-order chi connectivity index (χ1) is 13.0. The fraction of sp³-hybridized carbons (Fsp3) is 0.0500. The fourth-order valence-corrected chi connectivity index (χ4v) is 4.07. The number of ketones is 1. The molecule has 2 aromatic carbocycles. The summed E-state index contributed by atoms with van der Waals surface area (Å²) in [4.78, 5) is 29.1. The van der Waals surface area contributed by atoms with Gasteiger partial charge < -0.3 is 9.52 Å². The van der Waals surface area contributed by atoms with Gasteiger partial charge in [0, 0.05) is 21.9 Å². The first-order valence-corrected chi connectivity index (χ1v) is 9.25. The maximum atomic E-state index is 12.7. The lowest BCUT2D eigenvalue weighted by Crippen LogP contribution is -2.08. The number of aromatic nitrogens is 1. The van der Waals surface area contributed by atoms with Crippen molar-refractivity contribution in [2.24, 2.45) is 0 Å². The largest absolute Gasteiger partial charge is 0.478 e. The SMILES string of the molecule is O=C(Cc1csc(-c2ccc(Cl)cc2)c1C(=O)O)c1ccc2ncoc2c1. The summed E-state index contributed by atoms with van der Waals surface area (Å²) in [5, 5.41) is 12.0. The lowest BCUT2D eigenvalue weighted by atomic mass is 9.99. The molecule has 0 atom stereocenters. The molecule has 0 aliphatic carbocycles. The van der Waals surface area contributed by atoms with Gasteiger partial charge in [-0.2, -0.15) is 0 Å². The molecule has 27 heavy (non-hydrogen) atoms. The number of nitrogens with zero attached hydrogens (tertiary/aromatic N) is 1. The molecule has 0 fully saturated rings. The van der Waals surface area contributed by atoms with Gasteiger partial charge in [0.2, 0.25) is 0 Å². The molecule has 7 heteroatoms. The third-order valence-corrected chi connectivity index (χ3v) is 5.52. The topological polar surface area (TPSA) is 80.4 Å². The highest BCUT2D eigenvalue weighted by Gasteiger charge is 2.22. The fourth-order valence-electron chi connectivity index (χ4n) is 2.88. The van der Waals surface area contributed by atoms with Crippen LogP contribution in [0.2, 0.25) is 5.02 Å². The van der Waals surface area contributed by atoms with Gasteiger partial charge in [-0.05, 0) is 46.8 Å². The van der Waals surface area contributed by atoms with Crippen molar-refractivity contribution in [3.63, 3.8) is 0 Å². The van der Waals surface area contributed by atoms with Gasteiger partial charge in [0.1, 0.15) is 5.52 Å². The predicted molar refractivity (Wildman–Crippen MR) is 104 cm³/mol. The molecule has 5 nitrogen and oxygen atoms in total. The van der Waals surface area contributed by atoms with E-state index in [0.717, 1.165) is 5.56 Å². The summed E-state index contributed by atoms with van der Waals surface area (Å²) in [6.07, 6.45) is 1.31. The van der Waals surface area contributed by atoms with Crippen LogP contribution in [0, 0.1) is 0 Å². The Morgan fingerprint density at radius 3 is 2.67 bits per heavy atom. The summed E-state index contributed by atoms with van der Waals surface area (Å²) in [7, 11) is 0. The standard InChI is InChI=1S/C20H12ClNO4S/c21-14-4-1-11(2-5-14)19-18(20(24)25)13(9-27-19)7-16(23)12-3-6-15-17(8-12)26-10-22-15/h1-6,8-10H,7H2,(H,24,25). The Morgan fingerprint density at radius 1 is 1.15 bits per heavy atom. The van der Waals surface area contributed by atoms with Crippen LogP contribution >= 0.6 is 22.9 Å². The van der Waals surface area contributed by atoms with Gasteiger partial charge in [0.25, 0.3) is 0 Å². The van der Waals surface area contributed by atoms with Crippen LogP contribution in [0.15, 0.2) is 58.7 Å². The Morgan fingerprint density at radius 2 is 1.93 bits per heavy atom.